The zero-order valence-corrected chi connectivity index (χ0v) is 16.2. The van der Waals surface area contributed by atoms with Crippen molar-refractivity contribution in [3.05, 3.63) is 47.9 Å². The lowest BCUT2D eigenvalue weighted by Gasteiger charge is -2.39. The molecule has 152 valence electrons. The highest BCUT2D eigenvalue weighted by molar-refractivity contribution is 5.49. The number of para-hydroxylation sites is 1. The molecule has 3 atom stereocenters. The fraction of sp³-hybridized carbons (Fsp3) is 0.450. The Morgan fingerprint density at radius 1 is 1.31 bits per heavy atom. The predicted octanol–water partition coefficient (Wildman–Crippen LogP) is 2.23. The third-order valence-corrected chi connectivity index (χ3v) is 5.73. The molecule has 5 rings (SSSR count). The largest absolute Gasteiger partial charge is 0.491 e. The molecule has 0 radical (unpaired) electrons. The summed E-state index contributed by atoms with van der Waals surface area (Å²) >= 11 is 0. The number of hydrogen-bond donors (Lipinski definition) is 1. The van der Waals surface area contributed by atoms with Gasteiger partial charge in [0, 0.05) is 32.0 Å². The van der Waals surface area contributed by atoms with E-state index in [1.807, 2.05) is 24.3 Å². The smallest absolute Gasteiger partial charge is 0.254 e. The second-order valence-corrected chi connectivity index (χ2v) is 7.38. The van der Waals surface area contributed by atoms with E-state index in [4.69, 9.17) is 9.47 Å². The van der Waals surface area contributed by atoms with Gasteiger partial charge >= 0.3 is 0 Å². The molecule has 9 heteroatoms. The maximum Gasteiger partial charge on any atom is 0.254 e. The zero-order chi connectivity index (χ0) is 19.8. The molecular weight excluding hydrogens is 375 g/mol. The van der Waals surface area contributed by atoms with Crippen molar-refractivity contribution in [3.8, 4) is 5.75 Å². The van der Waals surface area contributed by atoms with E-state index in [0.717, 1.165) is 36.6 Å². The Kier molecular flexibility index (Phi) is 4.76. The lowest BCUT2D eigenvalue weighted by Crippen LogP contribution is -2.47. The number of halogens is 1. The Bertz CT molecular complexity index is 1010. The minimum atomic E-state index is -0.724. The van der Waals surface area contributed by atoms with Gasteiger partial charge in [-0.3, -0.25) is 4.90 Å². The molecule has 0 bridgehead atoms. The fourth-order valence-electron chi connectivity index (χ4n) is 4.25. The van der Waals surface area contributed by atoms with Crippen LogP contribution in [0.5, 0.6) is 5.75 Å². The van der Waals surface area contributed by atoms with Crippen molar-refractivity contribution in [2.45, 2.75) is 31.3 Å². The quantitative estimate of drug-likeness (QED) is 0.706. The number of aromatic nitrogens is 4. The Balaban J connectivity index is 1.52. The summed E-state index contributed by atoms with van der Waals surface area (Å²) in [6.07, 6.45) is 2.90. The number of nitrogens with zero attached hydrogens (tertiary/aromatic N) is 5. The van der Waals surface area contributed by atoms with Gasteiger partial charge in [-0.1, -0.05) is 18.2 Å². The molecule has 1 saturated heterocycles. The molecule has 3 aromatic rings. The van der Waals surface area contributed by atoms with Crippen LogP contribution in [0.4, 0.5) is 10.2 Å². The number of ether oxygens (including phenoxy) is 2. The number of benzene rings is 1. The molecule has 1 N–H and O–H groups in total. The first-order valence-electron chi connectivity index (χ1n) is 9.78. The van der Waals surface area contributed by atoms with E-state index < -0.39 is 6.67 Å². The van der Waals surface area contributed by atoms with E-state index in [-0.39, 0.29) is 24.0 Å². The van der Waals surface area contributed by atoms with Gasteiger partial charge in [0.1, 0.15) is 18.2 Å². The van der Waals surface area contributed by atoms with Crippen molar-refractivity contribution in [2.75, 3.05) is 32.1 Å². The third kappa shape index (κ3) is 3.30. The maximum atomic E-state index is 13.1. The molecule has 8 nitrogen and oxygen atoms in total. The number of fused-ring (bicyclic) bond motifs is 2. The van der Waals surface area contributed by atoms with E-state index in [9.17, 15) is 4.39 Å². The van der Waals surface area contributed by atoms with Crippen molar-refractivity contribution in [3.63, 3.8) is 0 Å². The van der Waals surface area contributed by atoms with Crippen LogP contribution < -0.4 is 10.1 Å². The zero-order valence-electron chi connectivity index (χ0n) is 16.2. The lowest BCUT2D eigenvalue weighted by atomic mass is 9.95. The second-order valence-electron chi connectivity index (χ2n) is 7.38. The van der Waals surface area contributed by atoms with Crippen LogP contribution in [-0.4, -0.2) is 63.4 Å². The van der Waals surface area contributed by atoms with Gasteiger partial charge in [-0.2, -0.15) is 9.50 Å². The maximum absolute atomic E-state index is 13.1. The topological polar surface area (TPSA) is 76.8 Å². The number of hydrogen-bond acceptors (Lipinski definition) is 7. The first-order chi connectivity index (χ1) is 14.3. The summed E-state index contributed by atoms with van der Waals surface area (Å²) < 4.78 is 26.3. The Labute approximate surface area is 167 Å². The van der Waals surface area contributed by atoms with Crippen molar-refractivity contribution in [1.82, 2.24) is 24.5 Å². The van der Waals surface area contributed by atoms with Gasteiger partial charge in [-0.15, -0.1) is 5.10 Å². The minimum Gasteiger partial charge on any atom is -0.491 e. The van der Waals surface area contributed by atoms with Crippen LogP contribution in [0.25, 0.3) is 5.78 Å². The molecule has 0 aliphatic carbocycles. The molecule has 1 aromatic carbocycles. The summed E-state index contributed by atoms with van der Waals surface area (Å²) in [7, 11) is 1.76. The van der Waals surface area contributed by atoms with Gasteiger partial charge in [0.2, 0.25) is 0 Å². The standard InChI is InChI=1S/C20H23FN6O2/c1-28-13-7-9-26(11-13)15-12-29-16-5-3-2-4-14(16)19(15)24-18-6-8-22-20-23-17(10-21)25-27(18)20/h2-6,8,13,15,19,24H,7,9-12H2,1H3/t13-,15-,19-/m0/s1. The summed E-state index contributed by atoms with van der Waals surface area (Å²) in [5.74, 6) is 2.09. The summed E-state index contributed by atoms with van der Waals surface area (Å²) in [6, 6.07) is 9.98. The monoisotopic (exact) mass is 398 g/mol. The van der Waals surface area contributed by atoms with Crippen molar-refractivity contribution in [2.24, 2.45) is 0 Å². The van der Waals surface area contributed by atoms with E-state index in [2.05, 4.69) is 31.3 Å². The van der Waals surface area contributed by atoms with Crippen LogP contribution in [0.3, 0.4) is 0 Å². The third-order valence-electron chi connectivity index (χ3n) is 5.73. The van der Waals surface area contributed by atoms with Gasteiger partial charge in [0.05, 0.1) is 18.2 Å². The molecular formula is C20H23FN6O2. The first kappa shape index (κ1) is 18.3. The highest BCUT2D eigenvalue weighted by atomic mass is 19.1. The van der Waals surface area contributed by atoms with Crippen LogP contribution in [0, 0.1) is 0 Å². The van der Waals surface area contributed by atoms with Crippen molar-refractivity contribution < 1.29 is 13.9 Å². The lowest BCUT2D eigenvalue weighted by molar-refractivity contribution is 0.0809. The predicted molar refractivity (Wildman–Crippen MR) is 105 cm³/mol. The van der Waals surface area contributed by atoms with E-state index in [0.29, 0.717) is 12.4 Å². The Morgan fingerprint density at radius 3 is 3.03 bits per heavy atom. The minimum absolute atomic E-state index is 0.0285. The van der Waals surface area contributed by atoms with Crippen molar-refractivity contribution >= 4 is 11.6 Å². The molecule has 2 aliphatic heterocycles. The number of likely N-dealkylation sites (tertiary alicyclic amines) is 1. The summed E-state index contributed by atoms with van der Waals surface area (Å²) in [5.41, 5.74) is 1.08. The van der Waals surface area contributed by atoms with E-state index in [1.165, 1.54) is 0 Å². The highest BCUT2D eigenvalue weighted by Crippen LogP contribution is 2.37. The van der Waals surface area contributed by atoms with Gasteiger partial charge in [-0.25, -0.2) is 9.37 Å². The summed E-state index contributed by atoms with van der Waals surface area (Å²) in [6.45, 7) is 1.67. The summed E-state index contributed by atoms with van der Waals surface area (Å²) in [5, 5.41) is 7.85. The molecule has 4 heterocycles. The number of anilines is 1. The highest BCUT2D eigenvalue weighted by Gasteiger charge is 2.38. The number of methoxy groups -OCH3 is 1. The van der Waals surface area contributed by atoms with Crippen LogP contribution in [0.2, 0.25) is 0 Å². The van der Waals surface area contributed by atoms with Crippen LogP contribution >= 0.6 is 0 Å². The molecule has 0 amide bonds. The molecule has 2 aliphatic rings. The van der Waals surface area contributed by atoms with Crippen LogP contribution in [0.15, 0.2) is 36.5 Å². The number of nitrogens with one attached hydrogen (secondary N) is 1. The fourth-order valence-corrected chi connectivity index (χ4v) is 4.25. The number of rotatable bonds is 5. The van der Waals surface area contributed by atoms with Gasteiger partial charge < -0.3 is 14.8 Å². The van der Waals surface area contributed by atoms with Gasteiger partial charge in [0.15, 0.2) is 12.5 Å². The molecule has 2 aromatic heterocycles. The second kappa shape index (κ2) is 7.57. The van der Waals surface area contributed by atoms with Crippen molar-refractivity contribution in [1.29, 1.82) is 0 Å². The first-order valence-corrected chi connectivity index (χ1v) is 9.78. The van der Waals surface area contributed by atoms with Crippen LogP contribution in [-0.2, 0) is 11.4 Å². The molecule has 1 fully saturated rings. The summed E-state index contributed by atoms with van der Waals surface area (Å²) in [4.78, 5) is 10.7. The van der Waals surface area contributed by atoms with E-state index in [1.54, 1.807) is 17.8 Å². The Morgan fingerprint density at radius 2 is 2.21 bits per heavy atom. The normalized spacial score (nSPS) is 24.4. The average Bonchev–Trinajstić information content (AvgIpc) is 3.41. The van der Waals surface area contributed by atoms with E-state index >= 15 is 0 Å². The van der Waals surface area contributed by atoms with Gasteiger partial charge in [-0.05, 0) is 18.6 Å². The van der Waals surface area contributed by atoms with Gasteiger partial charge in [0.25, 0.3) is 5.78 Å². The Hall–Kier alpha value is -2.78. The average molecular weight is 398 g/mol. The molecule has 0 spiro atoms. The SMILES string of the molecule is CO[C@H]1CCN([C@H]2COc3ccccc3[C@@H]2Nc2ccnc3nc(CF)nn23)C1. The number of alkyl halides is 1. The molecule has 29 heavy (non-hydrogen) atoms. The molecule has 0 unspecified atom stereocenters. The molecule has 0 saturated carbocycles. The van der Waals surface area contributed by atoms with Crippen LogP contribution in [0.1, 0.15) is 23.9 Å².